The first-order valence-electron chi connectivity index (χ1n) is 7.03. The van der Waals surface area contributed by atoms with Gasteiger partial charge >= 0.3 is 0 Å². The maximum atomic E-state index is 6.27. The monoisotopic (exact) mass is 365 g/mol. The van der Waals surface area contributed by atoms with Crippen LogP contribution in [0.4, 0.5) is 5.69 Å². The number of pyridine rings is 1. The van der Waals surface area contributed by atoms with Crippen molar-refractivity contribution in [1.29, 1.82) is 0 Å². The van der Waals surface area contributed by atoms with E-state index in [-0.39, 0.29) is 0 Å². The molecule has 0 radical (unpaired) electrons. The van der Waals surface area contributed by atoms with Crippen LogP contribution in [0.3, 0.4) is 0 Å². The first-order chi connectivity index (χ1) is 10.2. The van der Waals surface area contributed by atoms with Crippen molar-refractivity contribution in [2.24, 2.45) is 0 Å². The summed E-state index contributed by atoms with van der Waals surface area (Å²) >= 11 is 9.74. The average Bonchev–Trinajstić information content (AvgIpc) is 2.49. The number of hydrogen-bond acceptors (Lipinski definition) is 3. The Labute approximate surface area is 138 Å². The van der Waals surface area contributed by atoms with Gasteiger partial charge in [-0.1, -0.05) is 23.7 Å². The Balaban J connectivity index is 1.59. The Morgan fingerprint density at radius 1 is 1.10 bits per heavy atom. The molecule has 0 atom stereocenters. The second kappa shape index (κ2) is 6.77. The number of nitrogens with zero attached hydrogens (tertiary/aromatic N) is 3. The lowest BCUT2D eigenvalue weighted by Gasteiger charge is -2.36. The summed E-state index contributed by atoms with van der Waals surface area (Å²) in [5.74, 6) is 0. The molecule has 1 aliphatic rings. The minimum absolute atomic E-state index is 0.835. The van der Waals surface area contributed by atoms with Crippen LogP contribution < -0.4 is 4.90 Å². The van der Waals surface area contributed by atoms with Gasteiger partial charge in [0.25, 0.3) is 0 Å². The van der Waals surface area contributed by atoms with E-state index in [1.165, 1.54) is 5.56 Å². The van der Waals surface area contributed by atoms with Crippen LogP contribution in [-0.4, -0.2) is 36.1 Å². The van der Waals surface area contributed by atoms with Crippen molar-refractivity contribution >= 4 is 33.2 Å². The Bertz CT molecular complexity index is 612. The topological polar surface area (TPSA) is 19.4 Å². The molecule has 0 saturated carbocycles. The molecular weight excluding hydrogens is 350 g/mol. The van der Waals surface area contributed by atoms with Crippen LogP contribution in [0, 0.1) is 0 Å². The fourth-order valence-corrected chi connectivity index (χ4v) is 3.32. The van der Waals surface area contributed by atoms with Crippen LogP contribution in [0.5, 0.6) is 0 Å². The third-order valence-electron chi connectivity index (χ3n) is 3.73. The third-order valence-corrected chi connectivity index (χ3v) is 4.49. The smallest absolute Gasteiger partial charge is 0.0639 e. The highest BCUT2D eigenvalue weighted by Crippen LogP contribution is 2.26. The van der Waals surface area contributed by atoms with Gasteiger partial charge < -0.3 is 4.90 Å². The van der Waals surface area contributed by atoms with Gasteiger partial charge in [0.2, 0.25) is 0 Å². The van der Waals surface area contributed by atoms with Gasteiger partial charge in [-0.3, -0.25) is 9.88 Å². The van der Waals surface area contributed by atoms with Gasteiger partial charge in [-0.05, 0) is 39.7 Å². The Kier molecular flexibility index (Phi) is 4.78. The molecule has 0 amide bonds. The molecule has 2 aromatic rings. The predicted octanol–water partition coefficient (Wildman–Crippen LogP) is 3.82. The summed E-state index contributed by atoms with van der Waals surface area (Å²) in [6.45, 7) is 5.04. The molecule has 0 unspecified atom stereocenters. The predicted molar refractivity (Wildman–Crippen MR) is 90.9 cm³/mol. The Hall–Kier alpha value is -1.10. The lowest BCUT2D eigenvalue weighted by Crippen LogP contribution is -2.46. The zero-order chi connectivity index (χ0) is 14.7. The minimum atomic E-state index is 0.835. The van der Waals surface area contributed by atoms with Crippen molar-refractivity contribution in [2.45, 2.75) is 6.54 Å². The summed E-state index contributed by atoms with van der Waals surface area (Å²) in [5.41, 5.74) is 2.39. The van der Waals surface area contributed by atoms with E-state index in [9.17, 15) is 0 Å². The number of aromatic nitrogens is 1. The fourth-order valence-electron chi connectivity index (χ4n) is 2.66. The molecular formula is C16H17BrClN3. The van der Waals surface area contributed by atoms with Gasteiger partial charge in [0.1, 0.15) is 0 Å². The molecule has 3 nitrogen and oxygen atoms in total. The molecule has 0 aliphatic carbocycles. The van der Waals surface area contributed by atoms with E-state index in [1.54, 1.807) is 0 Å². The van der Waals surface area contributed by atoms with Gasteiger partial charge in [0.15, 0.2) is 0 Å². The summed E-state index contributed by atoms with van der Waals surface area (Å²) in [7, 11) is 0. The van der Waals surface area contributed by atoms with Crippen molar-refractivity contribution in [2.75, 3.05) is 31.1 Å². The van der Waals surface area contributed by atoms with E-state index in [0.29, 0.717) is 0 Å². The number of hydrogen-bond donors (Lipinski definition) is 0. The highest BCUT2D eigenvalue weighted by Gasteiger charge is 2.18. The SMILES string of the molecule is Clc1ccccc1N1CCN(Cc2cncc(Br)c2)CC1. The second-order valence-corrected chi connectivity index (χ2v) is 6.55. The van der Waals surface area contributed by atoms with Crippen LogP contribution >= 0.6 is 27.5 Å². The molecule has 5 heteroatoms. The lowest BCUT2D eigenvalue weighted by atomic mass is 10.2. The minimum Gasteiger partial charge on any atom is -0.368 e. The van der Waals surface area contributed by atoms with Gasteiger partial charge in [-0.2, -0.15) is 0 Å². The van der Waals surface area contributed by atoms with Crippen LogP contribution in [0.25, 0.3) is 0 Å². The largest absolute Gasteiger partial charge is 0.368 e. The molecule has 0 bridgehead atoms. The van der Waals surface area contributed by atoms with Crippen molar-refractivity contribution in [3.05, 3.63) is 57.8 Å². The van der Waals surface area contributed by atoms with Crippen molar-refractivity contribution in [3.63, 3.8) is 0 Å². The molecule has 21 heavy (non-hydrogen) atoms. The standard InChI is InChI=1S/C16H17BrClN3/c17-14-9-13(10-19-11-14)12-20-5-7-21(8-6-20)16-4-2-1-3-15(16)18/h1-4,9-11H,5-8,12H2. The van der Waals surface area contributed by atoms with E-state index < -0.39 is 0 Å². The Morgan fingerprint density at radius 3 is 2.57 bits per heavy atom. The van der Waals surface area contributed by atoms with Gasteiger partial charge in [0.05, 0.1) is 10.7 Å². The highest BCUT2D eigenvalue weighted by atomic mass is 79.9. The lowest BCUT2D eigenvalue weighted by molar-refractivity contribution is 0.249. The molecule has 110 valence electrons. The maximum absolute atomic E-state index is 6.27. The molecule has 0 spiro atoms. The van der Waals surface area contributed by atoms with E-state index in [4.69, 9.17) is 11.6 Å². The number of anilines is 1. The van der Waals surface area contributed by atoms with Gasteiger partial charge in [-0.15, -0.1) is 0 Å². The molecule has 1 aliphatic heterocycles. The molecule has 0 N–H and O–H groups in total. The zero-order valence-electron chi connectivity index (χ0n) is 11.7. The van der Waals surface area contributed by atoms with Crippen LogP contribution in [0.1, 0.15) is 5.56 Å². The number of halogens is 2. The molecule has 3 rings (SSSR count). The summed E-state index contributed by atoms with van der Waals surface area (Å²) < 4.78 is 1.04. The highest BCUT2D eigenvalue weighted by molar-refractivity contribution is 9.10. The van der Waals surface area contributed by atoms with Crippen LogP contribution in [-0.2, 0) is 6.54 Å². The third kappa shape index (κ3) is 3.76. The molecule has 1 fully saturated rings. The van der Waals surface area contributed by atoms with Crippen LogP contribution in [0.2, 0.25) is 5.02 Å². The summed E-state index contributed by atoms with van der Waals surface area (Å²) in [6.07, 6.45) is 3.75. The first-order valence-corrected chi connectivity index (χ1v) is 8.21. The van der Waals surface area contributed by atoms with E-state index in [0.717, 1.165) is 47.9 Å². The van der Waals surface area contributed by atoms with Gasteiger partial charge in [-0.25, -0.2) is 0 Å². The van der Waals surface area contributed by atoms with E-state index >= 15 is 0 Å². The fraction of sp³-hybridized carbons (Fsp3) is 0.312. The maximum Gasteiger partial charge on any atom is 0.0639 e. The zero-order valence-corrected chi connectivity index (χ0v) is 14.0. The number of para-hydroxylation sites is 1. The average molecular weight is 367 g/mol. The van der Waals surface area contributed by atoms with Crippen LogP contribution in [0.15, 0.2) is 47.2 Å². The first kappa shape index (κ1) is 14.8. The van der Waals surface area contributed by atoms with Crippen molar-refractivity contribution in [3.8, 4) is 0 Å². The molecule has 2 heterocycles. The van der Waals surface area contributed by atoms with E-state index in [2.05, 4.69) is 42.8 Å². The summed E-state index contributed by atoms with van der Waals surface area (Å²) in [6, 6.07) is 10.2. The molecule has 1 aromatic carbocycles. The second-order valence-electron chi connectivity index (χ2n) is 5.23. The summed E-state index contributed by atoms with van der Waals surface area (Å²) in [4.78, 5) is 9.04. The van der Waals surface area contributed by atoms with E-state index in [1.807, 2.05) is 30.6 Å². The normalized spacial score (nSPS) is 16.2. The van der Waals surface area contributed by atoms with Gasteiger partial charge in [0, 0.05) is 49.6 Å². The number of benzene rings is 1. The van der Waals surface area contributed by atoms with Crippen molar-refractivity contribution < 1.29 is 0 Å². The number of piperazine rings is 1. The number of rotatable bonds is 3. The molecule has 1 aromatic heterocycles. The van der Waals surface area contributed by atoms with Crippen molar-refractivity contribution in [1.82, 2.24) is 9.88 Å². The Morgan fingerprint density at radius 2 is 1.86 bits per heavy atom. The quantitative estimate of drug-likeness (QED) is 0.823. The summed E-state index contributed by atoms with van der Waals surface area (Å²) in [5, 5.41) is 0.835. The molecule has 1 saturated heterocycles.